The molecule has 5 heteroatoms. The van der Waals surface area contributed by atoms with Crippen molar-refractivity contribution in [2.24, 2.45) is 0 Å². The van der Waals surface area contributed by atoms with Gasteiger partial charge in [-0.15, -0.1) is 0 Å². The summed E-state index contributed by atoms with van der Waals surface area (Å²) in [4.78, 5) is 15.8. The Labute approximate surface area is 112 Å². The average Bonchev–Trinajstić information content (AvgIpc) is 2.83. The van der Waals surface area contributed by atoms with Crippen molar-refractivity contribution in [3.63, 3.8) is 0 Å². The highest BCUT2D eigenvalue weighted by atomic mass is 16.4. The number of hydrogen-bond acceptors (Lipinski definition) is 3. The molecule has 2 rings (SSSR count). The van der Waals surface area contributed by atoms with Gasteiger partial charge in [0.25, 0.3) is 0 Å². The SMILES string of the molecule is CCC(CC)(NCc1cn2ccccc2n1)C(=O)O. The summed E-state index contributed by atoms with van der Waals surface area (Å²) in [6.07, 6.45) is 4.94. The molecule has 2 aromatic rings. The lowest BCUT2D eigenvalue weighted by molar-refractivity contribution is -0.145. The Bertz CT molecular complexity index is 540. The molecule has 5 nitrogen and oxygen atoms in total. The second-order valence-corrected chi connectivity index (χ2v) is 4.65. The van der Waals surface area contributed by atoms with E-state index >= 15 is 0 Å². The van der Waals surface area contributed by atoms with Crippen molar-refractivity contribution in [3.8, 4) is 0 Å². The molecule has 0 aliphatic heterocycles. The molecule has 0 fully saturated rings. The van der Waals surface area contributed by atoms with Gasteiger partial charge in [-0.05, 0) is 25.0 Å². The van der Waals surface area contributed by atoms with Gasteiger partial charge in [-0.1, -0.05) is 19.9 Å². The third-order valence-electron chi connectivity index (χ3n) is 3.64. The first-order valence-corrected chi connectivity index (χ1v) is 6.52. The first-order valence-electron chi connectivity index (χ1n) is 6.52. The first-order chi connectivity index (χ1) is 9.11. The fourth-order valence-electron chi connectivity index (χ4n) is 2.21. The second kappa shape index (κ2) is 5.40. The summed E-state index contributed by atoms with van der Waals surface area (Å²) >= 11 is 0. The summed E-state index contributed by atoms with van der Waals surface area (Å²) in [5.41, 5.74) is 0.849. The van der Waals surface area contributed by atoms with Crippen LogP contribution in [0.15, 0.2) is 30.6 Å². The molecular weight excluding hydrogens is 242 g/mol. The second-order valence-electron chi connectivity index (χ2n) is 4.65. The molecule has 0 amide bonds. The van der Waals surface area contributed by atoms with E-state index in [9.17, 15) is 9.90 Å². The molecular formula is C14H19N3O2. The topological polar surface area (TPSA) is 66.6 Å². The predicted molar refractivity (Wildman–Crippen MR) is 73.0 cm³/mol. The van der Waals surface area contributed by atoms with Crippen LogP contribution in [0.1, 0.15) is 32.4 Å². The van der Waals surface area contributed by atoms with Crippen LogP contribution < -0.4 is 5.32 Å². The van der Waals surface area contributed by atoms with Gasteiger partial charge >= 0.3 is 5.97 Å². The zero-order chi connectivity index (χ0) is 13.9. The monoisotopic (exact) mass is 261 g/mol. The van der Waals surface area contributed by atoms with Crippen molar-refractivity contribution in [2.45, 2.75) is 38.8 Å². The van der Waals surface area contributed by atoms with Crippen LogP contribution in [0.25, 0.3) is 5.65 Å². The van der Waals surface area contributed by atoms with Crippen molar-refractivity contribution in [1.29, 1.82) is 0 Å². The van der Waals surface area contributed by atoms with Crippen molar-refractivity contribution < 1.29 is 9.90 Å². The van der Waals surface area contributed by atoms with Crippen molar-refractivity contribution >= 4 is 11.6 Å². The molecule has 19 heavy (non-hydrogen) atoms. The van der Waals surface area contributed by atoms with Crippen LogP contribution in [-0.2, 0) is 11.3 Å². The summed E-state index contributed by atoms with van der Waals surface area (Å²) < 4.78 is 1.93. The Kier molecular flexibility index (Phi) is 3.85. The molecule has 0 atom stereocenters. The standard InChI is InChI=1S/C14H19N3O2/c1-3-14(4-2,13(18)19)15-9-11-10-17-8-6-5-7-12(17)16-11/h5-8,10,15H,3-4,9H2,1-2H3,(H,18,19). The van der Waals surface area contributed by atoms with Gasteiger partial charge in [-0.3, -0.25) is 10.1 Å². The molecule has 2 heterocycles. The van der Waals surface area contributed by atoms with Crippen LogP contribution in [-0.4, -0.2) is 26.0 Å². The lowest BCUT2D eigenvalue weighted by Crippen LogP contribution is -2.50. The zero-order valence-electron chi connectivity index (χ0n) is 11.3. The number of hydrogen-bond donors (Lipinski definition) is 2. The van der Waals surface area contributed by atoms with Crippen LogP contribution in [0.4, 0.5) is 0 Å². The van der Waals surface area contributed by atoms with Crippen LogP contribution in [0, 0.1) is 0 Å². The van der Waals surface area contributed by atoms with Crippen molar-refractivity contribution in [2.75, 3.05) is 0 Å². The number of rotatable bonds is 6. The van der Waals surface area contributed by atoms with Gasteiger partial charge in [0.05, 0.1) is 5.69 Å². The fraction of sp³-hybridized carbons (Fsp3) is 0.429. The third kappa shape index (κ3) is 2.61. The molecule has 0 radical (unpaired) electrons. The van der Waals surface area contributed by atoms with Crippen molar-refractivity contribution in [3.05, 3.63) is 36.3 Å². The zero-order valence-corrected chi connectivity index (χ0v) is 11.3. The third-order valence-corrected chi connectivity index (χ3v) is 3.64. The van der Waals surface area contributed by atoms with Gasteiger partial charge in [0, 0.05) is 18.9 Å². The number of carboxylic acid groups (broad SMARTS) is 1. The van der Waals surface area contributed by atoms with E-state index in [1.54, 1.807) is 0 Å². The largest absolute Gasteiger partial charge is 0.480 e. The Morgan fingerprint density at radius 1 is 1.42 bits per heavy atom. The highest BCUT2D eigenvalue weighted by molar-refractivity contribution is 5.78. The molecule has 0 unspecified atom stereocenters. The van der Waals surface area contributed by atoms with E-state index in [1.165, 1.54) is 0 Å². The Morgan fingerprint density at radius 2 is 2.16 bits per heavy atom. The van der Waals surface area contributed by atoms with E-state index in [0.717, 1.165) is 11.3 Å². The minimum atomic E-state index is -0.865. The van der Waals surface area contributed by atoms with E-state index < -0.39 is 11.5 Å². The fourth-order valence-corrected chi connectivity index (χ4v) is 2.21. The van der Waals surface area contributed by atoms with Crippen molar-refractivity contribution in [1.82, 2.24) is 14.7 Å². The summed E-state index contributed by atoms with van der Waals surface area (Å²) in [7, 11) is 0. The van der Waals surface area contributed by atoms with Gasteiger partial charge in [0.2, 0.25) is 0 Å². The van der Waals surface area contributed by atoms with Crippen LogP contribution >= 0.6 is 0 Å². The summed E-state index contributed by atoms with van der Waals surface area (Å²) in [5.74, 6) is -0.804. The Morgan fingerprint density at radius 3 is 2.74 bits per heavy atom. The molecule has 2 aromatic heterocycles. The van der Waals surface area contributed by atoms with E-state index in [2.05, 4.69) is 10.3 Å². The first kappa shape index (κ1) is 13.5. The number of imidazole rings is 1. The number of fused-ring (bicyclic) bond motifs is 1. The van der Waals surface area contributed by atoms with E-state index in [-0.39, 0.29) is 0 Å². The lowest BCUT2D eigenvalue weighted by Gasteiger charge is -2.27. The maximum atomic E-state index is 11.4. The lowest BCUT2D eigenvalue weighted by atomic mass is 9.93. The van der Waals surface area contributed by atoms with Gasteiger partial charge in [-0.2, -0.15) is 0 Å². The number of nitrogens with one attached hydrogen (secondary N) is 1. The molecule has 102 valence electrons. The Hall–Kier alpha value is -1.88. The summed E-state index contributed by atoms with van der Waals surface area (Å²) in [5, 5.41) is 12.5. The summed E-state index contributed by atoms with van der Waals surface area (Å²) in [6.45, 7) is 4.22. The predicted octanol–water partition coefficient (Wildman–Crippen LogP) is 2.07. The van der Waals surface area contributed by atoms with Gasteiger partial charge < -0.3 is 9.51 Å². The number of carbonyl (C=O) groups is 1. The molecule has 0 spiro atoms. The number of carboxylic acids is 1. The minimum Gasteiger partial charge on any atom is -0.480 e. The van der Waals surface area contributed by atoms with Gasteiger partial charge in [0.15, 0.2) is 0 Å². The molecule has 2 N–H and O–H groups in total. The maximum absolute atomic E-state index is 11.4. The number of aromatic nitrogens is 2. The number of pyridine rings is 1. The highest BCUT2D eigenvalue weighted by Crippen LogP contribution is 2.16. The average molecular weight is 261 g/mol. The molecule has 0 bridgehead atoms. The number of aliphatic carboxylic acids is 1. The molecule has 0 saturated heterocycles. The van der Waals surface area contributed by atoms with Crippen LogP contribution in [0.3, 0.4) is 0 Å². The van der Waals surface area contributed by atoms with Gasteiger partial charge in [-0.25, -0.2) is 4.98 Å². The van der Waals surface area contributed by atoms with Gasteiger partial charge in [0.1, 0.15) is 11.2 Å². The summed E-state index contributed by atoms with van der Waals surface area (Å²) in [6, 6.07) is 5.79. The molecule has 0 aromatic carbocycles. The number of nitrogens with zero attached hydrogens (tertiary/aromatic N) is 2. The van der Waals surface area contributed by atoms with E-state index in [4.69, 9.17) is 0 Å². The maximum Gasteiger partial charge on any atom is 0.323 e. The smallest absolute Gasteiger partial charge is 0.323 e. The normalized spacial score (nSPS) is 11.9. The molecule has 0 saturated carbocycles. The Balaban J connectivity index is 2.14. The van der Waals surface area contributed by atoms with Crippen LogP contribution in [0.2, 0.25) is 0 Å². The molecule has 0 aliphatic carbocycles. The van der Waals surface area contributed by atoms with E-state index in [0.29, 0.717) is 19.4 Å². The minimum absolute atomic E-state index is 0.454. The quantitative estimate of drug-likeness (QED) is 0.835. The molecule has 0 aliphatic rings. The highest BCUT2D eigenvalue weighted by Gasteiger charge is 2.34. The van der Waals surface area contributed by atoms with E-state index in [1.807, 2.05) is 48.8 Å². The van der Waals surface area contributed by atoms with Crippen LogP contribution in [0.5, 0.6) is 0 Å².